The van der Waals surface area contributed by atoms with E-state index in [2.05, 4.69) is 20.8 Å². The van der Waals surface area contributed by atoms with Crippen molar-refractivity contribution in [3.63, 3.8) is 0 Å². The number of nitrogens with zero attached hydrogens (tertiary/aromatic N) is 1. The van der Waals surface area contributed by atoms with E-state index in [1.807, 2.05) is 20.8 Å². The second-order valence-electron chi connectivity index (χ2n) is 7.63. The molecule has 1 aliphatic heterocycles. The van der Waals surface area contributed by atoms with Crippen LogP contribution < -0.4 is 0 Å². The van der Waals surface area contributed by atoms with Crippen molar-refractivity contribution in [3.8, 4) is 0 Å². The molecule has 1 heterocycles. The van der Waals surface area contributed by atoms with Crippen LogP contribution in [-0.2, 0) is 9.53 Å². The fraction of sp³-hybridized carbons (Fsp3) is 0.867. The van der Waals surface area contributed by atoms with Crippen LogP contribution in [0.4, 0.5) is 4.79 Å². The van der Waals surface area contributed by atoms with Crippen molar-refractivity contribution in [1.82, 2.24) is 4.90 Å². The van der Waals surface area contributed by atoms with Crippen LogP contribution in [0, 0.1) is 17.3 Å². The maximum absolute atomic E-state index is 12.0. The van der Waals surface area contributed by atoms with Crippen LogP contribution in [0.15, 0.2) is 0 Å². The van der Waals surface area contributed by atoms with Crippen molar-refractivity contribution in [1.29, 1.82) is 0 Å². The molecule has 0 radical (unpaired) electrons. The number of piperidine rings is 1. The quantitative estimate of drug-likeness (QED) is 0.804. The molecule has 1 amide bonds. The van der Waals surface area contributed by atoms with Gasteiger partial charge in [0.05, 0.1) is 5.92 Å². The van der Waals surface area contributed by atoms with E-state index < -0.39 is 23.6 Å². The van der Waals surface area contributed by atoms with Gasteiger partial charge in [-0.3, -0.25) is 4.79 Å². The molecule has 0 aromatic rings. The minimum atomic E-state index is -0.835. The van der Waals surface area contributed by atoms with Gasteiger partial charge in [-0.05, 0) is 38.5 Å². The maximum Gasteiger partial charge on any atom is 0.410 e. The van der Waals surface area contributed by atoms with Crippen LogP contribution in [0.5, 0.6) is 0 Å². The van der Waals surface area contributed by atoms with Crippen LogP contribution in [0.3, 0.4) is 0 Å². The number of amides is 1. The number of carbonyl (C=O) groups excluding carboxylic acids is 1. The molecule has 116 valence electrons. The number of carbonyl (C=O) groups is 2. The summed E-state index contributed by atoms with van der Waals surface area (Å²) in [5.74, 6) is -1.30. The normalized spacial score (nSPS) is 24.4. The fourth-order valence-electron chi connectivity index (χ4n) is 2.73. The number of carboxylic acids is 1. The summed E-state index contributed by atoms with van der Waals surface area (Å²) >= 11 is 0. The Morgan fingerprint density at radius 3 is 2.10 bits per heavy atom. The van der Waals surface area contributed by atoms with Crippen molar-refractivity contribution in [2.45, 2.75) is 53.6 Å². The van der Waals surface area contributed by atoms with Gasteiger partial charge in [-0.2, -0.15) is 0 Å². The van der Waals surface area contributed by atoms with Gasteiger partial charge in [0.15, 0.2) is 0 Å². The lowest BCUT2D eigenvalue weighted by Gasteiger charge is -2.42. The van der Waals surface area contributed by atoms with Crippen molar-refractivity contribution < 1.29 is 19.4 Å². The Hall–Kier alpha value is -1.26. The van der Waals surface area contributed by atoms with Crippen LogP contribution in [-0.4, -0.2) is 40.8 Å². The van der Waals surface area contributed by atoms with Gasteiger partial charge in [-0.25, -0.2) is 4.79 Å². The SMILES string of the molecule is CC(C)(C)OC(=O)N1CCC(C(C)(C)C)C(C(=O)O)C1. The standard InChI is InChI=1S/C15H27NO4/c1-14(2,3)11-7-8-16(9-10(11)12(17)18)13(19)20-15(4,5)6/h10-11H,7-9H2,1-6H3,(H,17,18). The molecule has 5 nitrogen and oxygen atoms in total. The number of rotatable bonds is 1. The summed E-state index contributed by atoms with van der Waals surface area (Å²) in [5, 5.41) is 9.43. The Balaban J connectivity index is 2.79. The lowest BCUT2D eigenvalue weighted by Crippen LogP contribution is -2.50. The molecular formula is C15H27NO4. The number of carboxylic acid groups (broad SMARTS) is 1. The molecule has 5 heteroatoms. The molecule has 0 aromatic heterocycles. The minimum Gasteiger partial charge on any atom is -0.481 e. The third-order valence-electron chi connectivity index (χ3n) is 3.69. The summed E-state index contributed by atoms with van der Waals surface area (Å²) in [4.78, 5) is 25.1. The zero-order valence-electron chi connectivity index (χ0n) is 13.4. The van der Waals surface area contributed by atoms with Gasteiger partial charge in [-0.1, -0.05) is 20.8 Å². The topological polar surface area (TPSA) is 66.8 Å². The Bertz CT molecular complexity index is 378. The zero-order valence-corrected chi connectivity index (χ0v) is 13.4. The highest BCUT2D eigenvalue weighted by atomic mass is 16.6. The third kappa shape index (κ3) is 4.39. The first kappa shape index (κ1) is 16.8. The molecule has 0 spiro atoms. The number of aliphatic carboxylic acids is 1. The Labute approximate surface area is 121 Å². The predicted molar refractivity (Wildman–Crippen MR) is 76.5 cm³/mol. The van der Waals surface area contributed by atoms with Crippen LogP contribution in [0.25, 0.3) is 0 Å². The minimum absolute atomic E-state index is 0.0682. The highest BCUT2D eigenvalue weighted by Crippen LogP contribution is 2.38. The summed E-state index contributed by atoms with van der Waals surface area (Å²) in [6.07, 6.45) is 0.274. The lowest BCUT2D eigenvalue weighted by molar-refractivity contribution is -0.148. The van der Waals surface area contributed by atoms with E-state index >= 15 is 0 Å². The van der Waals surface area contributed by atoms with Crippen LogP contribution in [0.2, 0.25) is 0 Å². The van der Waals surface area contributed by atoms with E-state index in [9.17, 15) is 14.7 Å². The van der Waals surface area contributed by atoms with Crippen molar-refractivity contribution in [2.24, 2.45) is 17.3 Å². The molecule has 1 fully saturated rings. The van der Waals surface area contributed by atoms with Crippen molar-refractivity contribution >= 4 is 12.1 Å². The molecule has 1 aliphatic rings. The van der Waals surface area contributed by atoms with E-state index in [4.69, 9.17) is 4.74 Å². The molecule has 1 saturated heterocycles. The lowest BCUT2D eigenvalue weighted by atomic mass is 9.69. The third-order valence-corrected chi connectivity index (χ3v) is 3.69. The van der Waals surface area contributed by atoms with Gasteiger partial charge in [0.1, 0.15) is 5.60 Å². The highest BCUT2D eigenvalue weighted by molar-refractivity contribution is 5.73. The number of hydrogen-bond donors (Lipinski definition) is 1. The van der Waals surface area contributed by atoms with Crippen LogP contribution >= 0.6 is 0 Å². The first-order valence-electron chi connectivity index (χ1n) is 7.12. The van der Waals surface area contributed by atoms with Crippen molar-refractivity contribution in [3.05, 3.63) is 0 Å². The molecule has 20 heavy (non-hydrogen) atoms. The van der Waals surface area contributed by atoms with E-state index in [1.54, 1.807) is 0 Å². The monoisotopic (exact) mass is 285 g/mol. The first-order valence-corrected chi connectivity index (χ1v) is 7.12. The molecule has 2 unspecified atom stereocenters. The number of ether oxygens (including phenoxy) is 1. The Morgan fingerprint density at radius 2 is 1.70 bits per heavy atom. The van der Waals surface area contributed by atoms with E-state index in [1.165, 1.54) is 4.90 Å². The zero-order chi connectivity index (χ0) is 15.7. The predicted octanol–water partition coefficient (Wildman–Crippen LogP) is 2.99. The van der Waals surface area contributed by atoms with Gasteiger partial charge in [0.25, 0.3) is 0 Å². The molecule has 1 rings (SSSR count). The summed E-state index contributed by atoms with van der Waals surface area (Å²) in [5.41, 5.74) is -0.639. The van der Waals surface area contributed by atoms with E-state index in [-0.39, 0.29) is 17.9 Å². The van der Waals surface area contributed by atoms with Gasteiger partial charge in [0, 0.05) is 13.1 Å². The van der Waals surface area contributed by atoms with Gasteiger partial charge >= 0.3 is 12.1 Å². The second-order valence-corrected chi connectivity index (χ2v) is 7.63. The molecule has 2 atom stereocenters. The fourth-order valence-corrected chi connectivity index (χ4v) is 2.73. The molecular weight excluding hydrogens is 258 g/mol. The van der Waals surface area contributed by atoms with Crippen LogP contribution in [0.1, 0.15) is 48.0 Å². The summed E-state index contributed by atoms with van der Waals surface area (Å²) < 4.78 is 5.32. The number of likely N-dealkylation sites (tertiary alicyclic amines) is 1. The summed E-state index contributed by atoms with van der Waals surface area (Å²) in [7, 11) is 0. The smallest absolute Gasteiger partial charge is 0.410 e. The highest BCUT2D eigenvalue weighted by Gasteiger charge is 2.42. The molecule has 0 saturated carbocycles. The summed E-state index contributed by atoms with van der Waals surface area (Å²) in [6.45, 7) is 12.4. The average Bonchev–Trinajstić information content (AvgIpc) is 2.24. The maximum atomic E-state index is 12.0. The largest absolute Gasteiger partial charge is 0.481 e. The average molecular weight is 285 g/mol. The molecule has 1 N–H and O–H groups in total. The van der Waals surface area contributed by atoms with E-state index in [0.29, 0.717) is 13.0 Å². The first-order chi connectivity index (χ1) is 8.92. The van der Waals surface area contributed by atoms with Gasteiger partial charge in [-0.15, -0.1) is 0 Å². The summed E-state index contributed by atoms with van der Waals surface area (Å²) in [6, 6.07) is 0. The van der Waals surface area contributed by atoms with Gasteiger partial charge in [0.2, 0.25) is 0 Å². The Morgan fingerprint density at radius 1 is 1.15 bits per heavy atom. The molecule has 0 aromatic carbocycles. The van der Waals surface area contributed by atoms with Gasteiger partial charge < -0.3 is 14.7 Å². The van der Waals surface area contributed by atoms with E-state index in [0.717, 1.165) is 0 Å². The second kappa shape index (κ2) is 5.62. The Kier molecular flexibility index (Phi) is 4.72. The molecule has 0 aliphatic carbocycles. The molecule has 0 bridgehead atoms. The number of hydrogen-bond acceptors (Lipinski definition) is 3. The van der Waals surface area contributed by atoms with Crippen molar-refractivity contribution in [2.75, 3.05) is 13.1 Å².